The van der Waals surface area contributed by atoms with Gasteiger partial charge in [-0.3, -0.25) is 0 Å². The number of phenolic OH excluding ortho intramolecular Hbond substituents is 1. The van der Waals surface area contributed by atoms with Crippen LogP contribution in [0.5, 0.6) is 5.75 Å². The first-order valence-electron chi connectivity index (χ1n) is 4.52. The number of aryl methyl sites for hydroxylation is 1. The summed E-state index contributed by atoms with van der Waals surface area (Å²) in [7, 11) is 0. The van der Waals surface area contributed by atoms with E-state index in [0.717, 1.165) is 6.54 Å². The number of aromatic hydroxyl groups is 1. The Morgan fingerprint density at radius 3 is 2.29 bits per heavy atom. The lowest BCUT2D eigenvalue weighted by Crippen LogP contribution is -1.85. The van der Waals surface area contributed by atoms with Crippen molar-refractivity contribution in [3.8, 4) is 5.75 Å². The van der Waals surface area contributed by atoms with Crippen LogP contribution in [-0.4, -0.2) is 14.7 Å². The zero-order chi connectivity index (χ0) is 10.2. The minimum absolute atomic E-state index is 0.322. The van der Waals surface area contributed by atoms with E-state index in [4.69, 9.17) is 5.11 Å². The second-order valence-electron chi connectivity index (χ2n) is 2.73. The van der Waals surface area contributed by atoms with Gasteiger partial charge in [0.1, 0.15) is 5.75 Å². The van der Waals surface area contributed by atoms with Crippen LogP contribution in [0, 0.1) is 0 Å². The summed E-state index contributed by atoms with van der Waals surface area (Å²) in [6, 6.07) is 8.71. The molecule has 2 rings (SSSR count). The molecule has 2 aromatic rings. The number of hydrogen-bond acceptors (Lipinski definition) is 2. The number of aromatic nitrogens is 2. The SMILES string of the molecule is CCn1ccnc1.Oc1ccccc1. The second kappa shape index (κ2) is 5.80. The van der Waals surface area contributed by atoms with E-state index < -0.39 is 0 Å². The first-order valence-corrected chi connectivity index (χ1v) is 4.52. The molecule has 0 radical (unpaired) electrons. The number of phenols is 1. The van der Waals surface area contributed by atoms with Gasteiger partial charge in [0.2, 0.25) is 0 Å². The van der Waals surface area contributed by atoms with Crippen molar-refractivity contribution in [2.75, 3.05) is 0 Å². The largest absolute Gasteiger partial charge is 0.508 e. The van der Waals surface area contributed by atoms with Gasteiger partial charge in [0.25, 0.3) is 0 Å². The molecule has 0 amide bonds. The van der Waals surface area contributed by atoms with Crippen LogP contribution in [0.15, 0.2) is 49.1 Å². The zero-order valence-electron chi connectivity index (χ0n) is 8.17. The Labute approximate surface area is 83.7 Å². The van der Waals surface area contributed by atoms with Crippen molar-refractivity contribution in [2.24, 2.45) is 0 Å². The molecule has 0 aliphatic heterocycles. The fourth-order valence-corrected chi connectivity index (χ4v) is 0.902. The lowest BCUT2D eigenvalue weighted by Gasteiger charge is -1.87. The normalized spacial score (nSPS) is 8.93. The maximum Gasteiger partial charge on any atom is 0.115 e. The summed E-state index contributed by atoms with van der Waals surface area (Å²) >= 11 is 0. The molecule has 1 aromatic heterocycles. The molecule has 0 saturated carbocycles. The molecule has 0 atom stereocenters. The summed E-state index contributed by atoms with van der Waals surface area (Å²) in [4.78, 5) is 3.86. The molecule has 0 aliphatic carbocycles. The number of para-hydroxylation sites is 1. The molecular weight excluding hydrogens is 176 g/mol. The molecule has 0 unspecified atom stereocenters. The quantitative estimate of drug-likeness (QED) is 0.749. The van der Waals surface area contributed by atoms with Crippen LogP contribution in [0.4, 0.5) is 0 Å². The minimum Gasteiger partial charge on any atom is -0.508 e. The van der Waals surface area contributed by atoms with E-state index in [-0.39, 0.29) is 0 Å². The van der Waals surface area contributed by atoms with Crippen LogP contribution >= 0.6 is 0 Å². The summed E-state index contributed by atoms with van der Waals surface area (Å²) in [5.41, 5.74) is 0. The lowest BCUT2D eigenvalue weighted by molar-refractivity contribution is 0.475. The summed E-state index contributed by atoms with van der Waals surface area (Å²) in [5, 5.41) is 8.63. The maximum absolute atomic E-state index is 8.63. The van der Waals surface area contributed by atoms with E-state index in [2.05, 4.69) is 11.9 Å². The Kier molecular flexibility index (Phi) is 4.27. The molecular formula is C11H14N2O. The summed E-state index contributed by atoms with van der Waals surface area (Å²) in [5.74, 6) is 0.322. The third kappa shape index (κ3) is 3.76. The van der Waals surface area contributed by atoms with Gasteiger partial charge in [-0.15, -0.1) is 0 Å². The monoisotopic (exact) mass is 190 g/mol. The van der Waals surface area contributed by atoms with Crippen molar-refractivity contribution < 1.29 is 5.11 Å². The molecule has 3 heteroatoms. The van der Waals surface area contributed by atoms with E-state index in [1.54, 1.807) is 36.8 Å². The van der Waals surface area contributed by atoms with Crippen LogP contribution in [0.1, 0.15) is 6.92 Å². The average molecular weight is 190 g/mol. The van der Waals surface area contributed by atoms with Crippen molar-refractivity contribution in [3.05, 3.63) is 49.1 Å². The van der Waals surface area contributed by atoms with Gasteiger partial charge in [-0.2, -0.15) is 0 Å². The number of imidazole rings is 1. The fraction of sp³-hybridized carbons (Fsp3) is 0.182. The van der Waals surface area contributed by atoms with Crippen LogP contribution in [0.2, 0.25) is 0 Å². The Hall–Kier alpha value is -1.77. The molecule has 0 bridgehead atoms. The molecule has 0 aliphatic rings. The highest BCUT2D eigenvalue weighted by atomic mass is 16.3. The number of hydrogen-bond donors (Lipinski definition) is 1. The summed E-state index contributed by atoms with van der Waals surface area (Å²) in [6.45, 7) is 3.10. The molecule has 1 heterocycles. The van der Waals surface area contributed by atoms with Crippen molar-refractivity contribution in [1.82, 2.24) is 9.55 Å². The highest BCUT2D eigenvalue weighted by molar-refractivity contribution is 5.18. The van der Waals surface area contributed by atoms with Crippen molar-refractivity contribution >= 4 is 0 Å². The smallest absolute Gasteiger partial charge is 0.115 e. The summed E-state index contributed by atoms with van der Waals surface area (Å²) < 4.78 is 2.01. The van der Waals surface area contributed by atoms with Crippen molar-refractivity contribution in [2.45, 2.75) is 13.5 Å². The van der Waals surface area contributed by atoms with Crippen LogP contribution < -0.4 is 0 Å². The van der Waals surface area contributed by atoms with E-state index >= 15 is 0 Å². The predicted molar refractivity (Wildman–Crippen MR) is 56.0 cm³/mol. The predicted octanol–water partition coefficient (Wildman–Crippen LogP) is 2.30. The first-order chi connectivity index (χ1) is 6.83. The zero-order valence-corrected chi connectivity index (χ0v) is 8.17. The molecule has 0 saturated heterocycles. The number of benzene rings is 1. The number of nitrogens with zero attached hydrogens (tertiary/aromatic N) is 2. The molecule has 1 N–H and O–H groups in total. The third-order valence-electron chi connectivity index (χ3n) is 1.68. The van der Waals surface area contributed by atoms with Crippen LogP contribution in [0.3, 0.4) is 0 Å². The molecule has 0 fully saturated rings. The van der Waals surface area contributed by atoms with E-state index in [9.17, 15) is 0 Å². The summed E-state index contributed by atoms with van der Waals surface area (Å²) in [6.07, 6.45) is 5.53. The Morgan fingerprint density at radius 1 is 1.29 bits per heavy atom. The molecule has 1 aromatic carbocycles. The van der Waals surface area contributed by atoms with Gasteiger partial charge in [-0.1, -0.05) is 18.2 Å². The van der Waals surface area contributed by atoms with Gasteiger partial charge in [-0.05, 0) is 19.1 Å². The number of rotatable bonds is 1. The minimum atomic E-state index is 0.322. The Balaban J connectivity index is 0.000000140. The average Bonchev–Trinajstić information content (AvgIpc) is 2.72. The second-order valence-corrected chi connectivity index (χ2v) is 2.73. The fourth-order valence-electron chi connectivity index (χ4n) is 0.902. The standard InChI is InChI=1S/C6H6O.C5H8N2/c7-6-4-2-1-3-5-6;1-2-7-4-3-6-5-7/h1-5,7H;3-5H,2H2,1H3. The van der Waals surface area contributed by atoms with Gasteiger partial charge >= 0.3 is 0 Å². The van der Waals surface area contributed by atoms with Gasteiger partial charge in [-0.25, -0.2) is 4.98 Å². The highest BCUT2D eigenvalue weighted by Gasteiger charge is 1.77. The molecule has 3 nitrogen and oxygen atoms in total. The van der Waals surface area contributed by atoms with Gasteiger partial charge in [0.05, 0.1) is 6.33 Å². The van der Waals surface area contributed by atoms with E-state index in [1.165, 1.54) is 0 Å². The topological polar surface area (TPSA) is 38.0 Å². The molecule has 14 heavy (non-hydrogen) atoms. The third-order valence-corrected chi connectivity index (χ3v) is 1.68. The van der Waals surface area contributed by atoms with Crippen LogP contribution in [0.25, 0.3) is 0 Å². The van der Waals surface area contributed by atoms with E-state index in [0.29, 0.717) is 5.75 Å². The van der Waals surface area contributed by atoms with Crippen molar-refractivity contribution in [3.63, 3.8) is 0 Å². The van der Waals surface area contributed by atoms with Gasteiger partial charge in [0, 0.05) is 18.9 Å². The molecule has 0 spiro atoms. The highest BCUT2D eigenvalue weighted by Crippen LogP contribution is 2.02. The Morgan fingerprint density at radius 2 is 2.00 bits per heavy atom. The lowest BCUT2D eigenvalue weighted by atomic mass is 10.3. The van der Waals surface area contributed by atoms with E-state index in [1.807, 2.05) is 16.8 Å². The van der Waals surface area contributed by atoms with Crippen LogP contribution in [-0.2, 0) is 6.54 Å². The maximum atomic E-state index is 8.63. The van der Waals surface area contributed by atoms with Crippen molar-refractivity contribution in [1.29, 1.82) is 0 Å². The van der Waals surface area contributed by atoms with Gasteiger partial charge in [0.15, 0.2) is 0 Å². The first kappa shape index (κ1) is 10.3. The molecule has 74 valence electrons. The van der Waals surface area contributed by atoms with Gasteiger partial charge < -0.3 is 9.67 Å². The Bertz CT molecular complexity index is 329.